The lowest BCUT2D eigenvalue weighted by Crippen LogP contribution is -2.08. The molecule has 0 N–H and O–H groups in total. The largest absolute Gasteiger partial charge is 0.454 e. The minimum absolute atomic E-state index is 0.0643. The van der Waals surface area contributed by atoms with Crippen molar-refractivity contribution in [3.05, 3.63) is 89.8 Å². The molecule has 0 aliphatic carbocycles. The molecule has 35 heavy (non-hydrogen) atoms. The van der Waals surface area contributed by atoms with E-state index in [0.717, 1.165) is 45.4 Å². The van der Waals surface area contributed by atoms with Crippen LogP contribution in [0.15, 0.2) is 72.4 Å². The first-order valence-corrected chi connectivity index (χ1v) is 12.3. The fourth-order valence-electron chi connectivity index (χ4n) is 4.25. The van der Waals surface area contributed by atoms with Gasteiger partial charge in [0.1, 0.15) is 0 Å². The van der Waals surface area contributed by atoms with Gasteiger partial charge in [-0.25, -0.2) is 0 Å². The van der Waals surface area contributed by atoms with Crippen molar-refractivity contribution >= 4 is 17.5 Å². The molecule has 1 aliphatic rings. The smallest absolute Gasteiger partial charge is 0.231 e. The van der Waals surface area contributed by atoms with Crippen LogP contribution in [-0.4, -0.2) is 37.7 Å². The van der Waals surface area contributed by atoms with E-state index in [4.69, 9.17) is 9.47 Å². The van der Waals surface area contributed by atoms with E-state index in [-0.39, 0.29) is 18.3 Å². The number of aromatic nitrogens is 4. The minimum atomic E-state index is 0.0643. The predicted octanol–water partition coefficient (Wildman–Crippen LogP) is 5.30. The molecule has 0 unspecified atom stereocenters. The molecule has 0 amide bonds. The van der Waals surface area contributed by atoms with Gasteiger partial charge in [-0.2, -0.15) is 0 Å². The molecule has 2 aromatic heterocycles. The maximum atomic E-state index is 13.2. The van der Waals surface area contributed by atoms with E-state index in [1.165, 1.54) is 11.8 Å². The quantitative estimate of drug-likeness (QED) is 0.182. The van der Waals surface area contributed by atoms with Crippen LogP contribution in [0.1, 0.15) is 27.3 Å². The fourth-order valence-corrected chi connectivity index (χ4v) is 5.08. The van der Waals surface area contributed by atoms with Crippen molar-refractivity contribution in [2.45, 2.75) is 32.1 Å². The molecule has 1 aliphatic heterocycles. The van der Waals surface area contributed by atoms with Crippen molar-refractivity contribution in [1.29, 1.82) is 0 Å². The summed E-state index contributed by atoms with van der Waals surface area (Å²) in [5.74, 6) is 2.63. The Morgan fingerprint density at radius 3 is 2.66 bits per heavy atom. The average molecular weight is 487 g/mol. The van der Waals surface area contributed by atoms with Crippen LogP contribution in [0.5, 0.6) is 11.5 Å². The molecule has 0 radical (unpaired) electrons. The Balaban J connectivity index is 1.32. The van der Waals surface area contributed by atoms with E-state index in [9.17, 15) is 4.79 Å². The Kier molecular flexibility index (Phi) is 6.46. The van der Waals surface area contributed by atoms with E-state index in [2.05, 4.69) is 21.3 Å². The van der Waals surface area contributed by atoms with Crippen LogP contribution in [0.3, 0.4) is 0 Å². The van der Waals surface area contributed by atoms with Crippen LogP contribution in [-0.2, 0) is 13.1 Å². The number of Topliss-reactive ketones (excluding diaryl/α,β-unsaturated/α-hetero) is 1. The van der Waals surface area contributed by atoms with Crippen molar-refractivity contribution in [3.8, 4) is 22.9 Å². The van der Waals surface area contributed by atoms with Crippen molar-refractivity contribution in [1.82, 2.24) is 19.3 Å². The van der Waals surface area contributed by atoms with Gasteiger partial charge in [-0.15, -0.1) is 16.8 Å². The maximum absolute atomic E-state index is 13.2. The van der Waals surface area contributed by atoms with Crippen molar-refractivity contribution in [2.24, 2.45) is 0 Å². The molecule has 0 bridgehead atoms. The van der Waals surface area contributed by atoms with Gasteiger partial charge in [-0.05, 0) is 37.6 Å². The van der Waals surface area contributed by atoms with Gasteiger partial charge < -0.3 is 14.0 Å². The lowest BCUT2D eigenvalue weighted by Gasteiger charge is -2.11. The number of carbonyl (C=O) groups excluding carboxylic acids is 1. The Labute approximate surface area is 208 Å². The number of allylic oxidation sites excluding steroid dienone is 1. The summed E-state index contributed by atoms with van der Waals surface area (Å²) >= 11 is 1.40. The Bertz CT molecular complexity index is 1390. The molecule has 0 saturated heterocycles. The zero-order valence-electron chi connectivity index (χ0n) is 19.7. The van der Waals surface area contributed by atoms with E-state index in [0.29, 0.717) is 18.2 Å². The minimum Gasteiger partial charge on any atom is -0.454 e. The number of benzene rings is 2. The third kappa shape index (κ3) is 4.61. The van der Waals surface area contributed by atoms with Gasteiger partial charge >= 0.3 is 0 Å². The van der Waals surface area contributed by atoms with Gasteiger partial charge in [0.2, 0.25) is 6.79 Å². The molecule has 178 valence electrons. The fraction of sp³-hybridized carbons (Fsp3) is 0.222. The van der Waals surface area contributed by atoms with E-state index in [1.807, 2.05) is 79.1 Å². The molecule has 2 aromatic carbocycles. The zero-order valence-corrected chi connectivity index (χ0v) is 20.5. The highest BCUT2D eigenvalue weighted by molar-refractivity contribution is 7.99. The maximum Gasteiger partial charge on any atom is 0.231 e. The number of ether oxygens (including phenoxy) is 2. The lowest BCUT2D eigenvalue weighted by atomic mass is 10.1. The molecule has 0 fully saturated rings. The second-order valence-electron chi connectivity index (χ2n) is 8.34. The van der Waals surface area contributed by atoms with Crippen LogP contribution < -0.4 is 9.47 Å². The predicted molar refractivity (Wildman–Crippen MR) is 136 cm³/mol. The summed E-state index contributed by atoms with van der Waals surface area (Å²) in [4.78, 5) is 13.2. The number of ketones is 1. The second-order valence-corrected chi connectivity index (χ2v) is 9.28. The molecular formula is C27H26N4O3S. The van der Waals surface area contributed by atoms with Crippen LogP contribution in [0.2, 0.25) is 0 Å². The van der Waals surface area contributed by atoms with Gasteiger partial charge in [0.25, 0.3) is 0 Å². The Morgan fingerprint density at radius 2 is 1.86 bits per heavy atom. The average Bonchev–Trinajstić information content (AvgIpc) is 3.57. The highest BCUT2D eigenvalue weighted by atomic mass is 32.2. The first-order valence-electron chi connectivity index (χ1n) is 11.4. The molecule has 3 heterocycles. The summed E-state index contributed by atoms with van der Waals surface area (Å²) in [6, 6.07) is 17.8. The van der Waals surface area contributed by atoms with E-state index < -0.39 is 0 Å². The number of hydrogen-bond acceptors (Lipinski definition) is 6. The van der Waals surface area contributed by atoms with Crippen LogP contribution in [0.25, 0.3) is 11.4 Å². The molecule has 0 spiro atoms. The number of fused-ring (bicyclic) bond motifs is 1. The summed E-state index contributed by atoms with van der Waals surface area (Å²) in [7, 11) is 0. The summed E-state index contributed by atoms with van der Waals surface area (Å²) < 4.78 is 15.1. The van der Waals surface area contributed by atoms with E-state index in [1.54, 1.807) is 0 Å². The molecule has 8 heteroatoms. The number of thioether (sulfide) groups is 1. The molecule has 0 atom stereocenters. The second kappa shape index (κ2) is 9.84. The molecule has 7 nitrogen and oxygen atoms in total. The first-order chi connectivity index (χ1) is 17.0. The third-order valence-corrected chi connectivity index (χ3v) is 7.01. The number of nitrogens with zero attached hydrogens (tertiary/aromatic N) is 4. The van der Waals surface area contributed by atoms with Gasteiger partial charge in [0.05, 0.1) is 5.75 Å². The monoisotopic (exact) mass is 486 g/mol. The number of carbonyl (C=O) groups is 1. The third-order valence-electron chi connectivity index (χ3n) is 6.04. The van der Waals surface area contributed by atoms with Gasteiger partial charge in [0.15, 0.2) is 28.3 Å². The highest BCUT2D eigenvalue weighted by Gasteiger charge is 2.20. The summed E-state index contributed by atoms with van der Waals surface area (Å²) in [6.07, 6.45) is 1.81. The summed E-state index contributed by atoms with van der Waals surface area (Å²) in [6.45, 7) is 9.35. The Morgan fingerprint density at radius 1 is 1.06 bits per heavy atom. The Hall–Kier alpha value is -3.78. The highest BCUT2D eigenvalue weighted by Crippen LogP contribution is 2.33. The molecule has 0 saturated carbocycles. The lowest BCUT2D eigenvalue weighted by molar-refractivity contribution is 0.102. The SMILES string of the molecule is C=CCn1c(SCC(=O)c2cc(C)n(Cc3ccc4c(c3)OCO4)c2C)nnc1-c1ccccc1. The van der Waals surface area contributed by atoms with Gasteiger partial charge in [-0.3, -0.25) is 9.36 Å². The molecule has 4 aromatic rings. The topological polar surface area (TPSA) is 71.2 Å². The van der Waals surface area contributed by atoms with Crippen molar-refractivity contribution in [3.63, 3.8) is 0 Å². The van der Waals surface area contributed by atoms with E-state index >= 15 is 0 Å². The first kappa shape index (κ1) is 23.0. The van der Waals surface area contributed by atoms with Crippen LogP contribution in [0, 0.1) is 13.8 Å². The summed E-state index contributed by atoms with van der Waals surface area (Å²) in [5.41, 5.74) is 4.79. The van der Waals surface area contributed by atoms with Gasteiger partial charge in [-0.1, -0.05) is 54.2 Å². The van der Waals surface area contributed by atoms with Crippen LogP contribution >= 0.6 is 11.8 Å². The normalized spacial score (nSPS) is 12.2. The number of hydrogen-bond donors (Lipinski definition) is 0. The van der Waals surface area contributed by atoms with Crippen molar-refractivity contribution in [2.75, 3.05) is 12.5 Å². The summed E-state index contributed by atoms with van der Waals surface area (Å²) in [5, 5.41) is 9.43. The molecule has 5 rings (SSSR count). The van der Waals surface area contributed by atoms with Crippen LogP contribution in [0.4, 0.5) is 0 Å². The number of rotatable bonds is 9. The zero-order chi connectivity index (χ0) is 24.4. The standard InChI is InChI=1S/C27H26N4O3S/c1-4-12-30-26(21-8-6-5-7-9-21)28-29-27(30)35-16-23(32)22-13-18(2)31(19(22)3)15-20-10-11-24-25(14-20)34-17-33-24/h4-11,13-14H,1,12,15-17H2,2-3H3. The molecular weight excluding hydrogens is 460 g/mol. The van der Waals surface area contributed by atoms with Gasteiger partial charge in [0, 0.05) is 35.6 Å². The number of aryl methyl sites for hydroxylation is 1. The van der Waals surface area contributed by atoms with Crippen molar-refractivity contribution < 1.29 is 14.3 Å².